The molecule has 4 aromatic heterocycles. The van der Waals surface area contributed by atoms with Crippen LogP contribution < -0.4 is 4.57 Å². The standard InChI is InChI=1S/C26H21N2O2/c1-14-7-8-17-23-20(9-10-21-24(23)18-6-5-11-27-26(18)30-21)29-25(17)22(14)19-12-15(2)16(3)13-28(19)4/h5-13H,1-4H3/q+1/i3D3. The lowest BCUT2D eigenvalue weighted by Crippen LogP contribution is -2.31. The summed E-state index contributed by atoms with van der Waals surface area (Å²) >= 11 is 0. The highest BCUT2D eigenvalue weighted by Crippen LogP contribution is 2.42. The first kappa shape index (κ1) is 14.3. The van der Waals surface area contributed by atoms with Gasteiger partial charge in [-0.2, -0.15) is 0 Å². The van der Waals surface area contributed by atoms with Crippen LogP contribution in [0.2, 0.25) is 0 Å². The first-order chi connectivity index (χ1) is 15.7. The molecule has 0 aliphatic rings. The van der Waals surface area contributed by atoms with Crippen molar-refractivity contribution in [2.24, 2.45) is 7.05 Å². The largest absolute Gasteiger partial charge is 0.455 e. The maximum Gasteiger partial charge on any atom is 0.227 e. The molecule has 0 aliphatic heterocycles. The molecule has 0 bridgehead atoms. The van der Waals surface area contributed by atoms with Gasteiger partial charge < -0.3 is 8.83 Å². The van der Waals surface area contributed by atoms with Gasteiger partial charge in [0, 0.05) is 43.5 Å². The Balaban J connectivity index is 1.73. The maximum atomic E-state index is 7.85. The van der Waals surface area contributed by atoms with Gasteiger partial charge in [-0.15, -0.1) is 0 Å². The van der Waals surface area contributed by atoms with Crippen molar-refractivity contribution in [2.45, 2.75) is 20.7 Å². The maximum absolute atomic E-state index is 7.85. The van der Waals surface area contributed by atoms with E-state index in [1.54, 1.807) is 12.4 Å². The average Bonchev–Trinajstić information content (AvgIpc) is 3.32. The third-order valence-corrected chi connectivity index (χ3v) is 5.96. The molecule has 2 aromatic carbocycles. The van der Waals surface area contributed by atoms with Crippen molar-refractivity contribution in [2.75, 3.05) is 0 Å². The smallest absolute Gasteiger partial charge is 0.227 e. The lowest BCUT2D eigenvalue weighted by molar-refractivity contribution is -0.660. The van der Waals surface area contributed by atoms with Crippen LogP contribution in [0, 0.1) is 20.7 Å². The number of hydrogen-bond acceptors (Lipinski definition) is 3. The second kappa shape index (κ2) is 5.92. The molecule has 4 heteroatoms. The van der Waals surface area contributed by atoms with Crippen LogP contribution in [-0.4, -0.2) is 4.98 Å². The molecule has 0 unspecified atom stereocenters. The fourth-order valence-corrected chi connectivity index (χ4v) is 4.45. The molecule has 0 saturated heterocycles. The summed E-state index contributed by atoms with van der Waals surface area (Å²) in [4.78, 5) is 4.37. The molecule has 6 rings (SSSR count). The Morgan fingerprint density at radius 1 is 0.900 bits per heavy atom. The van der Waals surface area contributed by atoms with Crippen LogP contribution in [0.15, 0.2) is 63.7 Å². The van der Waals surface area contributed by atoms with E-state index in [4.69, 9.17) is 12.9 Å². The van der Waals surface area contributed by atoms with Gasteiger partial charge in [-0.3, -0.25) is 0 Å². The van der Waals surface area contributed by atoms with Crippen LogP contribution in [-0.2, 0) is 7.05 Å². The highest BCUT2D eigenvalue weighted by molar-refractivity contribution is 6.26. The Morgan fingerprint density at radius 2 is 1.70 bits per heavy atom. The Kier molecular flexibility index (Phi) is 2.83. The topological polar surface area (TPSA) is 43.0 Å². The van der Waals surface area contributed by atoms with Crippen LogP contribution in [0.5, 0.6) is 0 Å². The van der Waals surface area contributed by atoms with Crippen LogP contribution in [0.3, 0.4) is 0 Å². The molecule has 0 atom stereocenters. The summed E-state index contributed by atoms with van der Waals surface area (Å²) in [6, 6.07) is 13.9. The van der Waals surface area contributed by atoms with Gasteiger partial charge in [0.15, 0.2) is 6.20 Å². The van der Waals surface area contributed by atoms with Crippen molar-refractivity contribution in [3.05, 3.63) is 71.5 Å². The predicted octanol–water partition coefficient (Wildman–Crippen LogP) is 6.30. The van der Waals surface area contributed by atoms with E-state index in [0.29, 0.717) is 11.3 Å². The van der Waals surface area contributed by atoms with Gasteiger partial charge in [-0.1, -0.05) is 12.1 Å². The van der Waals surface area contributed by atoms with E-state index in [1.807, 2.05) is 55.8 Å². The van der Waals surface area contributed by atoms with E-state index < -0.39 is 6.85 Å². The molecule has 4 nitrogen and oxygen atoms in total. The Bertz CT molecular complexity index is 1740. The molecule has 0 saturated carbocycles. The highest BCUT2D eigenvalue weighted by Gasteiger charge is 2.23. The summed E-state index contributed by atoms with van der Waals surface area (Å²) < 4.78 is 37.9. The molecule has 4 heterocycles. The van der Waals surface area contributed by atoms with Gasteiger partial charge >= 0.3 is 0 Å². The molecule has 0 radical (unpaired) electrons. The number of aromatic nitrogens is 2. The van der Waals surface area contributed by atoms with E-state index in [9.17, 15) is 0 Å². The first-order valence-electron chi connectivity index (χ1n) is 11.4. The van der Waals surface area contributed by atoms with Gasteiger partial charge in [0.2, 0.25) is 11.4 Å². The third-order valence-electron chi connectivity index (χ3n) is 5.96. The Morgan fingerprint density at radius 3 is 2.53 bits per heavy atom. The minimum absolute atomic E-state index is 0.349. The average molecular weight is 396 g/mol. The number of furan rings is 2. The first-order valence-corrected chi connectivity index (χ1v) is 9.87. The van der Waals surface area contributed by atoms with Gasteiger partial charge in [-0.05, 0) is 56.1 Å². The SMILES string of the molecule is [2H]C([2H])([2H])c1c[n+](C)c(-c2c(C)ccc3c2oc2ccc4oc5ncccc5c4c23)cc1C. The van der Waals surface area contributed by atoms with E-state index in [2.05, 4.69) is 17.1 Å². The number of aryl methyl sites for hydroxylation is 4. The lowest BCUT2D eigenvalue weighted by atomic mass is 9.98. The number of hydrogen-bond donors (Lipinski definition) is 0. The number of benzene rings is 2. The number of fused-ring (bicyclic) bond motifs is 7. The minimum Gasteiger partial charge on any atom is -0.455 e. The molecule has 6 aromatic rings. The number of rotatable bonds is 1. The van der Waals surface area contributed by atoms with Crippen molar-refractivity contribution in [1.82, 2.24) is 4.98 Å². The third kappa shape index (κ3) is 2.22. The van der Waals surface area contributed by atoms with Crippen molar-refractivity contribution in [1.29, 1.82) is 0 Å². The quantitative estimate of drug-likeness (QED) is 0.306. The molecule has 0 fully saturated rings. The summed E-state index contributed by atoms with van der Waals surface area (Å²) in [5.41, 5.74) is 6.89. The molecule has 0 amide bonds. The zero-order valence-electron chi connectivity index (χ0n) is 19.9. The highest BCUT2D eigenvalue weighted by atomic mass is 16.3. The number of nitrogens with zero attached hydrogens (tertiary/aromatic N) is 2. The molecule has 146 valence electrons. The van der Waals surface area contributed by atoms with E-state index in [1.165, 1.54) is 0 Å². The Labute approximate surface area is 177 Å². The lowest BCUT2D eigenvalue weighted by Gasteiger charge is -2.07. The van der Waals surface area contributed by atoms with Gasteiger partial charge in [0.1, 0.15) is 23.8 Å². The molecule has 0 spiro atoms. The summed E-state index contributed by atoms with van der Waals surface area (Å²) in [5, 5.41) is 3.92. The van der Waals surface area contributed by atoms with Crippen LogP contribution in [0.4, 0.5) is 0 Å². The van der Waals surface area contributed by atoms with E-state index in [0.717, 1.165) is 60.7 Å². The van der Waals surface area contributed by atoms with Crippen molar-refractivity contribution < 1.29 is 17.5 Å². The summed E-state index contributed by atoms with van der Waals surface area (Å²) in [5.74, 6) is 0. The molecule has 0 N–H and O–H groups in total. The second-order valence-electron chi connectivity index (χ2n) is 7.87. The molecule has 0 aliphatic carbocycles. The fourth-order valence-electron chi connectivity index (χ4n) is 4.45. The monoisotopic (exact) mass is 396 g/mol. The van der Waals surface area contributed by atoms with Crippen molar-refractivity contribution >= 4 is 44.0 Å². The summed E-state index contributed by atoms with van der Waals surface area (Å²) in [7, 11) is 1.87. The van der Waals surface area contributed by atoms with Crippen LogP contribution >= 0.6 is 0 Å². The van der Waals surface area contributed by atoms with Gasteiger partial charge in [0.25, 0.3) is 0 Å². The summed E-state index contributed by atoms with van der Waals surface area (Å²) in [6.45, 7) is 1.72. The van der Waals surface area contributed by atoms with Gasteiger partial charge in [0.05, 0.1) is 5.56 Å². The molecular formula is C26H21N2O2+. The van der Waals surface area contributed by atoms with Crippen molar-refractivity contribution in [3.8, 4) is 11.3 Å². The molecular weight excluding hydrogens is 372 g/mol. The van der Waals surface area contributed by atoms with Crippen LogP contribution in [0.25, 0.3) is 55.3 Å². The summed E-state index contributed by atoms with van der Waals surface area (Å²) in [6.07, 6.45) is 3.42. The predicted molar refractivity (Wildman–Crippen MR) is 120 cm³/mol. The van der Waals surface area contributed by atoms with Crippen molar-refractivity contribution in [3.63, 3.8) is 0 Å². The van der Waals surface area contributed by atoms with Gasteiger partial charge in [-0.25, -0.2) is 9.55 Å². The normalized spacial score (nSPS) is 13.9. The zero-order valence-corrected chi connectivity index (χ0v) is 16.9. The Hall–Kier alpha value is -3.66. The number of pyridine rings is 2. The fraction of sp³-hybridized carbons (Fsp3) is 0.154. The van der Waals surface area contributed by atoms with Crippen LogP contribution in [0.1, 0.15) is 20.8 Å². The van der Waals surface area contributed by atoms with E-state index >= 15 is 0 Å². The molecule has 30 heavy (non-hydrogen) atoms. The second-order valence-corrected chi connectivity index (χ2v) is 7.87. The zero-order chi connectivity index (χ0) is 23.1. The van der Waals surface area contributed by atoms with E-state index in [-0.39, 0.29) is 0 Å². The minimum atomic E-state index is -2.16.